The van der Waals surface area contributed by atoms with Gasteiger partial charge in [-0.3, -0.25) is 19.7 Å². The summed E-state index contributed by atoms with van der Waals surface area (Å²) in [5, 5.41) is 37.6. The molecular weight excluding hydrogens is 554 g/mol. The van der Waals surface area contributed by atoms with E-state index in [0.717, 1.165) is 56.7 Å². The van der Waals surface area contributed by atoms with Gasteiger partial charge in [-0.05, 0) is 98.5 Å². The number of carboxylic acids is 1. The number of nitro benzene ring substituents is 1. The van der Waals surface area contributed by atoms with Crippen LogP contribution < -0.4 is 5.32 Å². The minimum Gasteiger partial charge on any atom is -0.480 e. The smallest absolute Gasteiger partial charge is 0.329 e. The number of oxime groups is 1. The number of nitrogens with one attached hydrogen (secondary N) is 1. The van der Waals surface area contributed by atoms with Crippen molar-refractivity contribution in [3.63, 3.8) is 0 Å². The molecule has 1 aromatic carbocycles. The largest absolute Gasteiger partial charge is 0.480 e. The number of nitro groups is 1. The van der Waals surface area contributed by atoms with Gasteiger partial charge in [0.1, 0.15) is 11.9 Å². The van der Waals surface area contributed by atoms with Gasteiger partial charge in [-0.2, -0.15) is 0 Å². The number of hydrogen-bond acceptors (Lipinski definition) is 8. The van der Waals surface area contributed by atoms with Crippen LogP contribution in [0.3, 0.4) is 0 Å². The number of aliphatic hydroxyl groups excluding tert-OH is 1. The van der Waals surface area contributed by atoms with Crippen LogP contribution in [-0.2, 0) is 19.2 Å². The maximum atomic E-state index is 12.5. The topological polar surface area (TPSA) is 168 Å². The highest BCUT2D eigenvalue weighted by atomic mass is 16.6. The van der Waals surface area contributed by atoms with E-state index in [1.54, 1.807) is 6.92 Å². The predicted octanol–water partition coefficient (Wildman–Crippen LogP) is 4.74. The van der Waals surface area contributed by atoms with Crippen molar-refractivity contribution < 1.29 is 34.4 Å². The maximum Gasteiger partial charge on any atom is 0.329 e. The van der Waals surface area contributed by atoms with Crippen LogP contribution in [0.2, 0.25) is 0 Å². The first-order valence-electron chi connectivity index (χ1n) is 15.2. The third-order valence-corrected chi connectivity index (χ3v) is 11.2. The summed E-state index contributed by atoms with van der Waals surface area (Å²) in [6.07, 6.45) is 8.50. The Labute approximate surface area is 250 Å². The van der Waals surface area contributed by atoms with Crippen LogP contribution in [0.1, 0.15) is 83.8 Å². The summed E-state index contributed by atoms with van der Waals surface area (Å²) in [6.45, 7) is 5.94. The SMILES string of the molecule is CC(=O)[C@H]1CC[C@H]2[C@@H]3CCC4=C/C(=N/OCC(=O)N[C@H](C(=O)O)[C@H](O)c5cccc([N+](=O)[O-])c5)CC[C@]4(C)[C@H]3CC[C@]12C. The number of fused-ring (bicyclic) bond motifs is 5. The van der Waals surface area contributed by atoms with Crippen molar-refractivity contribution in [2.24, 2.45) is 39.7 Å². The lowest BCUT2D eigenvalue weighted by Gasteiger charge is -2.58. The molecule has 0 radical (unpaired) electrons. The van der Waals surface area contributed by atoms with Crippen LogP contribution >= 0.6 is 0 Å². The number of allylic oxidation sites excluding steroid dienone is 2. The van der Waals surface area contributed by atoms with Gasteiger partial charge < -0.3 is 20.4 Å². The van der Waals surface area contributed by atoms with E-state index in [4.69, 9.17) is 4.84 Å². The standard InChI is InChI=1S/C32H41N3O8/c1-18(36)24-9-10-25-23-8-7-20-16-21(11-13-31(20,2)26(23)12-14-32(24,25)3)34-43-17-27(37)33-28(30(39)40)29(38)19-5-4-6-22(15-19)35(41)42/h4-6,15-16,23-26,28-29,38H,7-14,17H2,1-3H3,(H,33,37)(H,39,40)/b34-21+/t23-,24+,25-,26-,28-,29+,31-,32+/m0/s1. The molecule has 5 rings (SSSR count). The number of benzene rings is 1. The number of non-ortho nitro benzene ring substituents is 1. The summed E-state index contributed by atoms with van der Waals surface area (Å²) in [5.74, 6) is 0.0504. The fourth-order valence-corrected chi connectivity index (χ4v) is 8.99. The Morgan fingerprint density at radius 2 is 1.91 bits per heavy atom. The van der Waals surface area contributed by atoms with E-state index >= 15 is 0 Å². The van der Waals surface area contributed by atoms with Gasteiger partial charge in [0.05, 0.1) is 10.6 Å². The van der Waals surface area contributed by atoms with Crippen LogP contribution in [0, 0.1) is 44.6 Å². The first-order valence-corrected chi connectivity index (χ1v) is 15.2. The summed E-state index contributed by atoms with van der Waals surface area (Å²) < 4.78 is 0. The van der Waals surface area contributed by atoms with E-state index in [-0.39, 0.29) is 28.0 Å². The first kappa shape index (κ1) is 30.8. The van der Waals surface area contributed by atoms with Crippen molar-refractivity contribution in [3.05, 3.63) is 51.6 Å². The molecule has 4 aliphatic rings. The van der Waals surface area contributed by atoms with Gasteiger partial charge in [-0.15, -0.1) is 0 Å². The van der Waals surface area contributed by atoms with Crippen LogP contribution in [-0.4, -0.2) is 51.2 Å². The quantitative estimate of drug-likeness (QED) is 0.272. The van der Waals surface area contributed by atoms with Gasteiger partial charge in [-0.1, -0.05) is 36.7 Å². The van der Waals surface area contributed by atoms with E-state index < -0.39 is 35.6 Å². The van der Waals surface area contributed by atoms with E-state index in [1.807, 2.05) is 0 Å². The minimum atomic E-state index is -1.73. The summed E-state index contributed by atoms with van der Waals surface area (Å²) in [6, 6.07) is 3.23. The molecule has 11 nitrogen and oxygen atoms in total. The Hall–Kier alpha value is -3.60. The molecule has 0 heterocycles. The summed E-state index contributed by atoms with van der Waals surface area (Å²) in [7, 11) is 0. The van der Waals surface area contributed by atoms with Crippen LogP contribution in [0.4, 0.5) is 5.69 Å². The molecule has 0 saturated heterocycles. The zero-order valence-corrected chi connectivity index (χ0v) is 25.0. The monoisotopic (exact) mass is 595 g/mol. The molecule has 3 N–H and O–H groups in total. The molecule has 232 valence electrons. The number of carbonyl (C=O) groups excluding carboxylic acids is 2. The number of carboxylic acid groups (broad SMARTS) is 1. The average Bonchev–Trinajstić information content (AvgIpc) is 3.33. The Kier molecular flexibility index (Phi) is 8.48. The van der Waals surface area contributed by atoms with Gasteiger partial charge in [0.15, 0.2) is 12.6 Å². The van der Waals surface area contributed by atoms with Crippen LogP contribution in [0.15, 0.2) is 41.1 Å². The lowest BCUT2D eigenvalue weighted by atomic mass is 9.46. The highest BCUT2D eigenvalue weighted by molar-refractivity contribution is 5.96. The highest BCUT2D eigenvalue weighted by Gasteiger charge is 2.59. The number of ketones is 1. The Bertz CT molecular complexity index is 1370. The Morgan fingerprint density at radius 1 is 1.14 bits per heavy atom. The number of aliphatic hydroxyl groups is 1. The summed E-state index contributed by atoms with van der Waals surface area (Å²) in [5.41, 5.74) is 1.98. The Balaban J connectivity index is 1.20. The first-order chi connectivity index (χ1) is 20.3. The molecule has 3 fully saturated rings. The van der Waals surface area contributed by atoms with Gasteiger partial charge in [0, 0.05) is 18.1 Å². The molecular formula is C32H41N3O8. The lowest BCUT2D eigenvalue weighted by Crippen LogP contribution is -2.51. The van der Waals surface area contributed by atoms with E-state index in [9.17, 15) is 34.7 Å². The van der Waals surface area contributed by atoms with Gasteiger partial charge in [0.2, 0.25) is 0 Å². The van der Waals surface area contributed by atoms with Crippen LogP contribution in [0.5, 0.6) is 0 Å². The van der Waals surface area contributed by atoms with E-state index in [0.29, 0.717) is 30.0 Å². The number of rotatable bonds is 9. The van der Waals surface area contributed by atoms with Crippen molar-refractivity contribution >= 4 is 29.1 Å². The third-order valence-electron chi connectivity index (χ3n) is 11.2. The number of nitrogens with zero attached hydrogens (tertiary/aromatic N) is 2. The number of hydrogen-bond donors (Lipinski definition) is 3. The number of amides is 1. The van der Waals surface area contributed by atoms with Gasteiger partial charge >= 0.3 is 5.97 Å². The molecule has 1 aromatic rings. The molecule has 0 aromatic heterocycles. The van der Waals surface area contributed by atoms with Crippen molar-refractivity contribution in [1.82, 2.24) is 5.32 Å². The molecule has 8 atom stereocenters. The second-order valence-corrected chi connectivity index (χ2v) is 13.3. The number of aliphatic carboxylic acids is 1. The van der Waals surface area contributed by atoms with Crippen LogP contribution in [0.25, 0.3) is 0 Å². The molecule has 0 unspecified atom stereocenters. The predicted molar refractivity (Wildman–Crippen MR) is 157 cm³/mol. The fourth-order valence-electron chi connectivity index (χ4n) is 8.99. The molecule has 11 heteroatoms. The summed E-state index contributed by atoms with van der Waals surface area (Å²) >= 11 is 0. The van der Waals surface area contributed by atoms with E-state index in [2.05, 4.69) is 30.4 Å². The van der Waals surface area contributed by atoms with Crippen molar-refractivity contribution in [2.75, 3.05) is 6.61 Å². The lowest BCUT2D eigenvalue weighted by molar-refractivity contribution is -0.385. The Morgan fingerprint density at radius 3 is 2.60 bits per heavy atom. The maximum absolute atomic E-state index is 12.5. The summed E-state index contributed by atoms with van der Waals surface area (Å²) in [4.78, 5) is 52.4. The average molecular weight is 596 g/mol. The molecule has 4 aliphatic carbocycles. The molecule has 1 amide bonds. The van der Waals surface area contributed by atoms with Crippen molar-refractivity contribution in [3.8, 4) is 0 Å². The number of carbonyl (C=O) groups is 3. The third kappa shape index (κ3) is 5.71. The van der Waals surface area contributed by atoms with Gasteiger partial charge in [0.25, 0.3) is 11.6 Å². The van der Waals surface area contributed by atoms with Crippen molar-refractivity contribution in [1.29, 1.82) is 0 Å². The molecule has 3 saturated carbocycles. The molecule has 0 spiro atoms. The van der Waals surface area contributed by atoms with E-state index in [1.165, 1.54) is 23.8 Å². The van der Waals surface area contributed by atoms with Gasteiger partial charge in [-0.25, -0.2) is 4.79 Å². The van der Waals surface area contributed by atoms with Crippen molar-refractivity contribution in [2.45, 2.75) is 84.3 Å². The molecule has 0 aliphatic heterocycles. The number of Topliss-reactive ketones (excluding diaryl/α,β-unsaturated/α-hetero) is 1. The second-order valence-electron chi connectivity index (χ2n) is 13.3. The highest BCUT2D eigenvalue weighted by Crippen LogP contribution is 2.66. The molecule has 0 bridgehead atoms. The zero-order chi connectivity index (χ0) is 31.1. The molecule has 43 heavy (non-hydrogen) atoms. The fraction of sp³-hybridized carbons (Fsp3) is 0.625. The second kappa shape index (κ2) is 11.8. The zero-order valence-electron chi connectivity index (χ0n) is 25.0. The minimum absolute atomic E-state index is 0.0103. The normalized spacial score (nSPS) is 33.7.